The maximum absolute atomic E-state index is 11.3. The molecule has 1 saturated carbocycles. The Balaban J connectivity index is 1.73. The summed E-state index contributed by atoms with van der Waals surface area (Å²) in [5.41, 5.74) is 2.56. The van der Waals surface area contributed by atoms with Crippen LogP contribution in [0, 0.1) is 11.8 Å². The molecule has 0 spiro atoms. The SMILES string of the molecule is CC1CCCC(CNc2cc3[nH]c(=O)[nH]c3cc2Br)C1. The van der Waals surface area contributed by atoms with Crippen LogP contribution in [0.2, 0.25) is 0 Å². The molecule has 0 bridgehead atoms. The van der Waals surface area contributed by atoms with E-state index < -0.39 is 0 Å². The van der Waals surface area contributed by atoms with E-state index >= 15 is 0 Å². The van der Waals surface area contributed by atoms with E-state index in [1.165, 1.54) is 25.7 Å². The molecule has 1 heterocycles. The van der Waals surface area contributed by atoms with Gasteiger partial charge in [-0.25, -0.2) is 4.79 Å². The zero-order valence-corrected chi connectivity index (χ0v) is 13.2. The number of nitrogens with one attached hydrogen (secondary N) is 3. The van der Waals surface area contributed by atoms with Crippen LogP contribution in [-0.2, 0) is 0 Å². The first-order valence-corrected chi connectivity index (χ1v) is 8.06. The average molecular weight is 338 g/mol. The number of anilines is 1. The first-order valence-electron chi connectivity index (χ1n) is 7.27. The molecule has 5 heteroatoms. The lowest BCUT2D eigenvalue weighted by Crippen LogP contribution is -2.21. The summed E-state index contributed by atoms with van der Waals surface area (Å²) in [6.45, 7) is 3.35. The average Bonchev–Trinajstić information content (AvgIpc) is 2.75. The molecule has 0 saturated heterocycles. The molecule has 0 radical (unpaired) electrons. The Labute approximate surface area is 126 Å². The summed E-state index contributed by atoms with van der Waals surface area (Å²) in [5.74, 6) is 1.61. The minimum absolute atomic E-state index is 0.162. The third kappa shape index (κ3) is 2.92. The Morgan fingerprint density at radius 3 is 2.80 bits per heavy atom. The van der Waals surface area contributed by atoms with E-state index in [0.29, 0.717) is 0 Å². The third-order valence-corrected chi connectivity index (χ3v) is 4.89. The highest BCUT2D eigenvalue weighted by Crippen LogP contribution is 2.30. The first kappa shape index (κ1) is 13.7. The van der Waals surface area contributed by atoms with Gasteiger partial charge in [0.25, 0.3) is 0 Å². The fourth-order valence-electron chi connectivity index (χ4n) is 3.19. The molecule has 2 atom stereocenters. The summed E-state index contributed by atoms with van der Waals surface area (Å²) in [5, 5.41) is 3.52. The monoisotopic (exact) mass is 337 g/mol. The predicted molar refractivity (Wildman–Crippen MR) is 86.2 cm³/mol. The number of benzene rings is 1. The number of hydrogen-bond acceptors (Lipinski definition) is 2. The summed E-state index contributed by atoms with van der Waals surface area (Å²) in [6.07, 6.45) is 5.35. The second-order valence-corrected chi connectivity index (χ2v) is 6.83. The molecule has 1 aliphatic rings. The van der Waals surface area contributed by atoms with E-state index in [-0.39, 0.29) is 5.69 Å². The first-order chi connectivity index (χ1) is 9.61. The van der Waals surface area contributed by atoms with Crippen LogP contribution in [0.4, 0.5) is 5.69 Å². The van der Waals surface area contributed by atoms with Crippen LogP contribution < -0.4 is 11.0 Å². The summed E-state index contributed by atoms with van der Waals surface area (Å²) in [7, 11) is 0. The lowest BCUT2D eigenvalue weighted by molar-refractivity contribution is 0.293. The Bertz CT molecular complexity index is 661. The molecule has 4 nitrogen and oxygen atoms in total. The number of H-pyrrole nitrogens is 2. The van der Waals surface area contributed by atoms with Crippen molar-refractivity contribution in [1.29, 1.82) is 0 Å². The van der Waals surface area contributed by atoms with Gasteiger partial charge in [0, 0.05) is 11.0 Å². The number of halogens is 1. The minimum atomic E-state index is -0.162. The summed E-state index contributed by atoms with van der Waals surface area (Å²) in [6, 6.07) is 3.93. The highest BCUT2D eigenvalue weighted by Gasteiger charge is 2.18. The van der Waals surface area contributed by atoms with Crippen molar-refractivity contribution in [1.82, 2.24) is 9.97 Å². The molecule has 0 aliphatic heterocycles. The maximum Gasteiger partial charge on any atom is 0.323 e. The lowest BCUT2D eigenvalue weighted by Gasteiger charge is -2.27. The molecule has 0 amide bonds. The van der Waals surface area contributed by atoms with Crippen LogP contribution in [0.3, 0.4) is 0 Å². The van der Waals surface area contributed by atoms with Gasteiger partial charge in [0.05, 0.1) is 16.7 Å². The lowest BCUT2D eigenvalue weighted by atomic mass is 9.82. The van der Waals surface area contributed by atoms with Crippen molar-refractivity contribution in [3.63, 3.8) is 0 Å². The van der Waals surface area contributed by atoms with Crippen LogP contribution in [0.1, 0.15) is 32.6 Å². The summed E-state index contributed by atoms with van der Waals surface area (Å²) < 4.78 is 0.990. The second-order valence-electron chi connectivity index (χ2n) is 5.98. The van der Waals surface area contributed by atoms with Crippen molar-refractivity contribution in [2.24, 2.45) is 11.8 Å². The van der Waals surface area contributed by atoms with Crippen molar-refractivity contribution in [3.8, 4) is 0 Å². The van der Waals surface area contributed by atoms with E-state index in [1.807, 2.05) is 12.1 Å². The number of imidazole rings is 1. The van der Waals surface area contributed by atoms with Crippen molar-refractivity contribution in [2.45, 2.75) is 32.6 Å². The highest BCUT2D eigenvalue weighted by atomic mass is 79.9. The third-order valence-electron chi connectivity index (χ3n) is 4.23. The van der Waals surface area contributed by atoms with Gasteiger partial charge >= 0.3 is 5.69 Å². The van der Waals surface area contributed by atoms with E-state index in [0.717, 1.165) is 39.6 Å². The molecule has 2 unspecified atom stereocenters. The van der Waals surface area contributed by atoms with Crippen LogP contribution in [0.25, 0.3) is 11.0 Å². The Morgan fingerprint density at radius 2 is 2.05 bits per heavy atom. The van der Waals surface area contributed by atoms with E-state index in [9.17, 15) is 4.79 Å². The molecule has 2 aromatic rings. The van der Waals surface area contributed by atoms with Gasteiger partial charge in [0.15, 0.2) is 0 Å². The van der Waals surface area contributed by atoms with E-state index in [4.69, 9.17) is 0 Å². The van der Waals surface area contributed by atoms with Gasteiger partial charge in [0.1, 0.15) is 0 Å². The Morgan fingerprint density at radius 1 is 1.30 bits per heavy atom. The van der Waals surface area contributed by atoms with Gasteiger partial charge in [-0.05, 0) is 52.7 Å². The smallest absolute Gasteiger partial charge is 0.323 e. The van der Waals surface area contributed by atoms with Crippen molar-refractivity contribution in [2.75, 3.05) is 11.9 Å². The molecular formula is C15H20BrN3O. The standard InChI is InChI=1S/C15H20BrN3O/c1-9-3-2-4-10(5-9)8-17-12-7-14-13(6-11(12)16)18-15(20)19-14/h6-7,9-10,17H,2-5,8H2,1H3,(H2,18,19,20). The number of aromatic amines is 2. The van der Waals surface area contributed by atoms with Crippen LogP contribution in [0.15, 0.2) is 21.4 Å². The fourth-order valence-corrected chi connectivity index (χ4v) is 3.67. The minimum Gasteiger partial charge on any atom is -0.384 e. The number of fused-ring (bicyclic) bond motifs is 1. The van der Waals surface area contributed by atoms with Gasteiger partial charge in [0.2, 0.25) is 0 Å². The topological polar surface area (TPSA) is 60.7 Å². The van der Waals surface area contributed by atoms with Crippen molar-refractivity contribution < 1.29 is 0 Å². The van der Waals surface area contributed by atoms with Gasteiger partial charge in [-0.3, -0.25) is 0 Å². The molecule has 1 aromatic carbocycles. The Hall–Kier alpha value is -1.23. The Kier molecular flexibility index (Phi) is 3.87. The molecule has 108 valence electrons. The van der Waals surface area contributed by atoms with E-state index in [2.05, 4.69) is 38.1 Å². The molecule has 1 aromatic heterocycles. The van der Waals surface area contributed by atoms with E-state index in [1.54, 1.807) is 0 Å². The van der Waals surface area contributed by atoms with Crippen molar-refractivity contribution in [3.05, 3.63) is 27.1 Å². The second kappa shape index (κ2) is 5.64. The van der Waals surface area contributed by atoms with Crippen LogP contribution >= 0.6 is 15.9 Å². The van der Waals surface area contributed by atoms with Crippen LogP contribution in [0.5, 0.6) is 0 Å². The molecule has 3 N–H and O–H groups in total. The number of rotatable bonds is 3. The zero-order chi connectivity index (χ0) is 14.1. The molecular weight excluding hydrogens is 318 g/mol. The highest BCUT2D eigenvalue weighted by molar-refractivity contribution is 9.10. The largest absolute Gasteiger partial charge is 0.384 e. The summed E-state index contributed by atoms with van der Waals surface area (Å²) >= 11 is 3.57. The normalized spacial score (nSPS) is 23.1. The zero-order valence-electron chi connectivity index (χ0n) is 11.6. The number of aromatic nitrogens is 2. The summed E-state index contributed by atoms with van der Waals surface area (Å²) in [4.78, 5) is 16.9. The maximum atomic E-state index is 11.3. The quantitative estimate of drug-likeness (QED) is 0.796. The van der Waals surface area contributed by atoms with Crippen molar-refractivity contribution >= 4 is 32.7 Å². The molecule has 3 rings (SSSR count). The van der Waals surface area contributed by atoms with Gasteiger partial charge in [-0.15, -0.1) is 0 Å². The fraction of sp³-hybridized carbons (Fsp3) is 0.533. The van der Waals surface area contributed by atoms with Gasteiger partial charge in [-0.1, -0.05) is 19.8 Å². The van der Waals surface area contributed by atoms with Gasteiger partial charge < -0.3 is 15.3 Å². The predicted octanol–water partition coefficient (Wildman–Crippen LogP) is 3.86. The molecule has 20 heavy (non-hydrogen) atoms. The number of hydrogen-bond donors (Lipinski definition) is 3. The molecule has 1 aliphatic carbocycles. The molecule has 1 fully saturated rings. The van der Waals surface area contributed by atoms with Gasteiger partial charge in [-0.2, -0.15) is 0 Å². The van der Waals surface area contributed by atoms with Crippen LogP contribution in [-0.4, -0.2) is 16.5 Å².